The van der Waals surface area contributed by atoms with E-state index in [1.54, 1.807) is 0 Å². The lowest BCUT2D eigenvalue weighted by Crippen LogP contribution is -2.32. The van der Waals surface area contributed by atoms with Gasteiger partial charge in [0.05, 0.1) is 0 Å². The third-order valence-electron chi connectivity index (χ3n) is 4.28. The number of anilines is 1. The molecule has 2 rings (SSSR count). The number of nitrogens with one attached hydrogen (secondary N) is 1. The Hall–Kier alpha value is -0.980. The largest absolute Gasteiger partial charge is 0.382 e. The number of hydrogen-bond acceptors (Lipinski definition) is 1. The molecule has 0 heterocycles. The van der Waals surface area contributed by atoms with Crippen LogP contribution in [0.25, 0.3) is 0 Å². The van der Waals surface area contributed by atoms with Crippen LogP contribution >= 0.6 is 0 Å². The Labute approximate surface area is 112 Å². The average Bonchev–Trinajstić information content (AvgIpc) is 2.35. The van der Waals surface area contributed by atoms with Crippen molar-refractivity contribution in [3.8, 4) is 0 Å². The summed E-state index contributed by atoms with van der Waals surface area (Å²) in [5, 5.41) is 3.72. The molecule has 1 fully saturated rings. The second-order valence-electron chi connectivity index (χ2n) is 6.09. The molecule has 3 atom stereocenters. The quantitative estimate of drug-likeness (QED) is 0.797. The summed E-state index contributed by atoms with van der Waals surface area (Å²) in [6.07, 6.45) is 6.47. The molecule has 1 aliphatic carbocycles. The van der Waals surface area contributed by atoms with Gasteiger partial charge in [0.2, 0.25) is 0 Å². The van der Waals surface area contributed by atoms with Gasteiger partial charge in [-0.2, -0.15) is 0 Å². The molecule has 1 heteroatoms. The molecular weight excluding hydrogens is 218 g/mol. The van der Waals surface area contributed by atoms with E-state index in [0.717, 1.165) is 11.8 Å². The van der Waals surface area contributed by atoms with Crippen LogP contribution < -0.4 is 5.32 Å². The Morgan fingerprint density at radius 3 is 2.44 bits per heavy atom. The lowest BCUT2D eigenvalue weighted by atomic mass is 9.80. The van der Waals surface area contributed by atoms with Crippen LogP contribution in [-0.2, 0) is 6.42 Å². The molecule has 3 unspecified atom stereocenters. The zero-order chi connectivity index (χ0) is 13.0. The van der Waals surface area contributed by atoms with Crippen LogP contribution in [0.1, 0.15) is 52.0 Å². The Morgan fingerprint density at radius 2 is 1.83 bits per heavy atom. The van der Waals surface area contributed by atoms with Crippen molar-refractivity contribution < 1.29 is 0 Å². The standard InChI is InChI=1S/C17H27N/c1-4-5-15-7-9-16(10-8-15)18-17-11-6-13(2)12-14(17)3/h7-10,13-14,17-18H,4-6,11-12H2,1-3H3. The summed E-state index contributed by atoms with van der Waals surface area (Å²) in [4.78, 5) is 0. The minimum Gasteiger partial charge on any atom is -0.382 e. The maximum atomic E-state index is 3.72. The van der Waals surface area contributed by atoms with Crippen LogP contribution in [0.4, 0.5) is 5.69 Å². The molecule has 0 spiro atoms. The van der Waals surface area contributed by atoms with Crippen molar-refractivity contribution in [1.82, 2.24) is 0 Å². The molecule has 0 aliphatic heterocycles. The van der Waals surface area contributed by atoms with E-state index >= 15 is 0 Å². The number of hydrogen-bond donors (Lipinski definition) is 1. The van der Waals surface area contributed by atoms with Gasteiger partial charge in [-0.05, 0) is 55.2 Å². The third-order valence-corrected chi connectivity index (χ3v) is 4.28. The SMILES string of the molecule is CCCc1ccc(NC2CCC(C)CC2C)cc1. The summed E-state index contributed by atoms with van der Waals surface area (Å²) in [5.74, 6) is 1.70. The first-order valence-corrected chi connectivity index (χ1v) is 7.54. The normalized spacial score (nSPS) is 28.1. The fourth-order valence-corrected chi connectivity index (χ4v) is 3.15. The average molecular weight is 245 g/mol. The highest BCUT2D eigenvalue weighted by Crippen LogP contribution is 2.30. The number of rotatable bonds is 4. The maximum Gasteiger partial charge on any atom is 0.0342 e. The smallest absolute Gasteiger partial charge is 0.0342 e. The van der Waals surface area contributed by atoms with Crippen molar-refractivity contribution in [3.05, 3.63) is 29.8 Å². The van der Waals surface area contributed by atoms with Crippen LogP contribution in [0.3, 0.4) is 0 Å². The lowest BCUT2D eigenvalue weighted by Gasteiger charge is -2.33. The van der Waals surface area contributed by atoms with Crippen molar-refractivity contribution in [1.29, 1.82) is 0 Å². The lowest BCUT2D eigenvalue weighted by molar-refractivity contribution is 0.276. The summed E-state index contributed by atoms with van der Waals surface area (Å²) in [6.45, 7) is 7.00. The molecule has 18 heavy (non-hydrogen) atoms. The van der Waals surface area contributed by atoms with Crippen molar-refractivity contribution >= 4 is 5.69 Å². The maximum absolute atomic E-state index is 3.72. The Kier molecular flexibility index (Phi) is 4.68. The Morgan fingerprint density at radius 1 is 1.11 bits per heavy atom. The highest BCUT2D eigenvalue weighted by atomic mass is 14.9. The predicted molar refractivity (Wildman–Crippen MR) is 80.0 cm³/mol. The molecule has 1 N–H and O–H groups in total. The van der Waals surface area contributed by atoms with Crippen molar-refractivity contribution in [2.75, 3.05) is 5.32 Å². The molecule has 1 aromatic carbocycles. The molecule has 0 saturated heterocycles. The summed E-state index contributed by atoms with van der Waals surface area (Å²) in [7, 11) is 0. The number of benzene rings is 1. The predicted octanol–water partition coefficient (Wildman–Crippen LogP) is 4.88. The van der Waals surface area contributed by atoms with Gasteiger partial charge < -0.3 is 5.32 Å². The number of aryl methyl sites for hydroxylation is 1. The molecule has 0 aromatic heterocycles. The third kappa shape index (κ3) is 3.51. The first-order valence-electron chi connectivity index (χ1n) is 7.54. The highest BCUT2D eigenvalue weighted by molar-refractivity contribution is 5.45. The van der Waals surface area contributed by atoms with Crippen LogP contribution in [-0.4, -0.2) is 6.04 Å². The van der Waals surface area contributed by atoms with E-state index in [1.165, 1.54) is 43.4 Å². The van der Waals surface area contributed by atoms with Crippen molar-refractivity contribution in [2.45, 2.75) is 58.9 Å². The molecule has 1 aliphatic rings. The Bertz CT molecular complexity index is 354. The van der Waals surface area contributed by atoms with Gasteiger partial charge in [0.15, 0.2) is 0 Å². The minimum absolute atomic E-state index is 0.665. The molecule has 1 nitrogen and oxygen atoms in total. The summed E-state index contributed by atoms with van der Waals surface area (Å²) < 4.78 is 0. The van der Waals surface area contributed by atoms with Gasteiger partial charge in [-0.15, -0.1) is 0 Å². The fraction of sp³-hybridized carbons (Fsp3) is 0.647. The van der Waals surface area contributed by atoms with Gasteiger partial charge in [-0.3, -0.25) is 0 Å². The summed E-state index contributed by atoms with van der Waals surface area (Å²) in [5.41, 5.74) is 2.75. The Balaban J connectivity index is 1.92. The monoisotopic (exact) mass is 245 g/mol. The van der Waals surface area contributed by atoms with E-state index in [9.17, 15) is 0 Å². The van der Waals surface area contributed by atoms with Crippen molar-refractivity contribution in [3.63, 3.8) is 0 Å². The molecule has 1 saturated carbocycles. The van der Waals surface area contributed by atoms with E-state index in [-0.39, 0.29) is 0 Å². The minimum atomic E-state index is 0.665. The zero-order valence-corrected chi connectivity index (χ0v) is 12.1. The van der Waals surface area contributed by atoms with E-state index in [2.05, 4.69) is 50.4 Å². The van der Waals surface area contributed by atoms with Gasteiger partial charge in [0.25, 0.3) is 0 Å². The topological polar surface area (TPSA) is 12.0 Å². The zero-order valence-electron chi connectivity index (χ0n) is 12.1. The molecule has 0 radical (unpaired) electrons. The van der Waals surface area contributed by atoms with Crippen LogP contribution in [0.5, 0.6) is 0 Å². The van der Waals surface area contributed by atoms with Crippen LogP contribution in [0.15, 0.2) is 24.3 Å². The van der Waals surface area contributed by atoms with Gasteiger partial charge in [-0.25, -0.2) is 0 Å². The van der Waals surface area contributed by atoms with Crippen molar-refractivity contribution in [2.24, 2.45) is 11.8 Å². The van der Waals surface area contributed by atoms with Crippen LogP contribution in [0, 0.1) is 11.8 Å². The van der Waals surface area contributed by atoms with Gasteiger partial charge in [-0.1, -0.05) is 39.3 Å². The highest BCUT2D eigenvalue weighted by Gasteiger charge is 2.24. The van der Waals surface area contributed by atoms with E-state index < -0.39 is 0 Å². The van der Waals surface area contributed by atoms with E-state index in [1.807, 2.05) is 0 Å². The molecule has 0 amide bonds. The molecule has 1 aromatic rings. The second kappa shape index (κ2) is 6.26. The molecule has 0 bridgehead atoms. The van der Waals surface area contributed by atoms with E-state index in [0.29, 0.717) is 6.04 Å². The first-order chi connectivity index (χ1) is 8.69. The summed E-state index contributed by atoms with van der Waals surface area (Å²) >= 11 is 0. The van der Waals surface area contributed by atoms with Crippen LogP contribution in [0.2, 0.25) is 0 Å². The molecular formula is C17H27N. The van der Waals surface area contributed by atoms with Gasteiger partial charge in [0, 0.05) is 11.7 Å². The fourth-order valence-electron chi connectivity index (χ4n) is 3.15. The van der Waals surface area contributed by atoms with Gasteiger partial charge >= 0.3 is 0 Å². The summed E-state index contributed by atoms with van der Waals surface area (Å²) in [6, 6.07) is 9.69. The second-order valence-corrected chi connectivity index (χ2v) is 6.09. The van der Waals surface area contributed by atoms with E-state index in [4.69, 9.17) is 0 Å². The van der Waals surface area contributed by atoms with Gasteiger partial charge in [0.1, 0.15) is 0 Å². The first kappa shape index (κ1) is 13.5. The molecule has 100 valence electrons.